The second-order valence-electron chi connectivity index (χ2n) is 4.35. The summed E-state index contributed by atoms with van der Waals surface area (Å²) in [6, 6.07) is 6.28. The van der Waals surface area contributed by atoms with E-state index < -0.39 is 21.1 Å². The number of ether oxygens (including phenoxy) is 2. The van der Waals surface area contributed by atoms with Gasteiger partial charge in [0.05, 0.1) is 14.2 Å². The van der Waals surface area contributed by atoms with Gasteiger partial charge in [-0.2, -0.15) is 0 Å². The van der Waals surface area contributed by atoms with Gasteiger partial charge in [-0.3, -0.25) is 4.79 Å². The van der Waals surface area contributed by atoms with Crippen LogP contribution in [0.4, 0.5) is 0 Å². The topological polar surface area (TPSA) is 69.7 Å². The maximum absolute atomic E-state index is 12.6. The number of benzene rings is 1. The van der Waals surface area contributed by atoms with Gasteiger partial charge < -0.3 is 9.47 Å². The van der Waals surface area contributed by atoms with E-state index in [9.17, 15) is 13.2 Å². The number of carbonyl (C=O) groups is 1. The smallest absolute Gasteiger partial charge is 0.324 e. The molecule has 1 aromatic rings. The second kappa shape index (κ2) is 7.28. The Balaban J connectivity index is 3.25. The molecule has 0 heterocycles. The second-order valence-corrected chi connectivity index (χ2v) is 6.45. The molecule has 0 amide bonds. The molecule has 1 rings (SSSR count). The van der Waals surface area contributed by atoms with Gasteiger partial charge in [-0.05, 0) is 18.6 Å². The lowest BCUT2D eigenvalue weighted by Gasteiger charge is -2.17. The van der Waals surface area contributed by atoms with Crippen LogP contribution in [0.5, 0.6) is 5.75 Å². The number of hydrogen-bond donors (Lipinski definition) is 0. The van der Waals surface area contributed by atoms with Crippen LogP contribution >= 0.6 is 0 Å². The zero-order valence-corrected chi connectivity index (χ0v) is 12.8. The quantitative estimate of drug-likeness (QED) is 0.722. The van der Waals surface area contributed by atoms with Crippen molar-refractivity contribution >= 4 is 15.8 Å². The summed E-state index contributed by atoms with van der Waals surface area (Å²) < 4.78 is 35.0. The molecule has 1 unspecified atom stereocenters. The van der Waals surface area contributed by atoms with Gasteiger partial charge in [-0.15, -0.1) is 0 Å². The van der Waals surface area contributed by atoms with Gasteiger partial charge in [0.1, 0.15) is 10.6 Å². The molecule has 0 fully saturated rings. The van der Waals surface area contributed by atoms with Crippen molar-refractivity contribution in [3.8, 4) is 5.75 Å². The Hall–Kier alpha value is -1.56. The monoisotopic (exact) mass is 300 g/mol. The average molecular weight is 300 g/mol. The Morgan fingerprint density at radius 2 is 1.90 bits per heavy atom. The Morgan fingerprint density at radius 3 is 2.45 bits per heavy atom. The molecule has 0 aromatic heterocycles. The van der Waals surface area contributed by atoms with Gasteiger partial charge >= 0.3 is 5.97 Å². The van der Waals surface area contributed by atoms with Crippen molar-refractivity contribution in [3.05, 3.63) is 24.3 Å². The predicted molar refractivity (Wildman–Crippen MR) is 75.5 cm³/mol. The first-order valence-corrected chi connectivity index (χ1v) is 7.98. The van der Waals surface area contributed by atoms with Crippen molar-refractivity contribution in [2.24, 2.45) is 0 Å². The molecule has 1 atom stereocenters. The van der Waals surface area contributed by atoms with Crippen molar-refractivity contribution in [2.45, 2.75) is 36.3 Å². The fourth-order valence-electron chi connectivity index (χ4n) is 1.93. The zero-order chi connectivity index (χ0) is 15.2. The van der Waals surface area contributed by atoms with Gasteiger partial charge in [-0.1, -0.05) is 31.9 Å². The summed E-state index contributed by atoms with van der Waals surface area (Å²) in [4.78, 5) is 11.8. The molecule has 0 bridgehead atoms. The first-order valence-electron chi connectivity index (χ1n) is 6.43. The zero-order valence-electron chi connectivity index (χ0n) is 12.0. The highest BCUT2D eigenvalue weighted by Gasteiger charge is 2.36. The minimum absolute atomic E-state index is 0.0222. The molecule has 0 saturated heterocycles. The average Bonchev–Trinajstić information content (AvgIpc) is 2.46. The van der Waals surface area contributed by atoms with Gasteiger partial charge in [-0.25, -0.2) is 8.42 Å². The summed E-state index contributed by atoms with van der Waals surface area (Å²) in [7, 11) is -1.24. The number of hydrogen-bond acceptors (Lipinski definition) is 5. The molecule has 5 nitrogen and oxygen atoms in total. The van der Waals surface area contributed by atoms with Crippen molar-refractivity contribution in [1.29, 1.82) is 0 Å². The summed E-state index contributed by atoms with van der Waals surface area (Å²) in [6.07, 6.45) is 1.67. The lowest BCUT2D eigenvalue weighted by Crippen LogP contribution is -2.31. The van der Waals surface area contributed by atoms with Crippen LogP contribution in [0.15, 0.2) is 29.2 Å². The molecule has 112 valence electrons. The summed E-state index contributed by atoms with van der Waals surface area (Å²) in [5.74, 6) is -0.498. The summed E-state index contributed by atoms with van der Waals surface area (Å²) in [6.45, 7) is 1.93. The maximum Gasteiger partial charge on any atom is 0.324 e. The van der Waals surface area contributed by atoms with Crippen molar-refractivity contribution < 1.29 is 22.7 Å². The van der Waals surface area contributed by atoms with Crippen LogP contribution in [0.25, 0.3) is 0 Å². The highest BCUT2D eigenvalue weighted by molar-refractivity contribution is 7.92. The van der Waals surface area contributed by atoms with Gasteiger partial charge in [0, 0.05) is 0 Å². The van der Waals surface area contributed by atoms with Crippen LogP contribution in [0, 0.1) is 0 Å². The number of carbonyl (C=O) groups excluding carboxylic acids is 1. The number of para-hydroxylation sites is 1. The van der Waals surface area contributed by atoms with Crippen LogP contribution in [0.3, 0.4) is 0 Å². The van der Waals surface area contributed by atoms with Crippen molar-refractivity contribution in [3.63, 3.8) is 0 Å². The van der Waals surface area contributed by atoms with Crippen molar-refractivity contribution in [1.82, 2.24) is 0 Å². The Morgan fingerprint density at radius 1 is 1.25 bits per heavy atom. The van der Waals surface area contributed by atoms with Crippen LogP contribution in [0.2, 0.25) is 0 Å². The van der Waals surface area contributed by atoms with E-state index in [4.69, 9.17) is 4.74 Å². The molecule has 0 radical (unpaired) electrons. The van der Waals surface area contributed by atoms with Crippen molar-refractivity contribution in [2.75, 3.05) is 14.2 Å². The molecular formula is C14H20O5S. The molecule has 0 aliphatic rings. The van der Waals surface area contributed by atoms with Crippen LogP contribution in [0.1, 0.15) is 26.2 Å². The first-order chi connectivity index (χ1) is 9.48. The number of rotatable bonds is 7. The molecule has 20 heavy (non-hydrogen) atoms. The number of unbranched alkanes of at least 4 members (excludes halogenated alkanes) is 1. The molecular weight excluding hydrogens is 280 g/mol. The minimum Gasteiger partial charge on any atom is -0.495 e. The molecule has 0 saturated carbocycles. The van der Waals surface area contributed by atoms with E-state index in [1.54, 1.807) is 18.2 Å². The fraction of sp³-hybridized carbons (Fsp3) is 0.500. The van der Waals surface area contributed by atoms with Crippen LogP contribution < -0.4 is 4.74 Å². The van der Waals surface area contributed by atoms with E-state index in [2.05, 4.69) is 4.74 Å². The van der Waals surface area contributed by atoms with Crippen LogP contribution in [-0.4, -0.2) is 33.9 Å². The molecule has 0 aliphatic heterocycles. The van der Waals surface area contributed by atoms with Crippen LogP contribution in [-0.2, 0) is 19.4 Å². The third-order valence-electron chi connectivity index (χ3n) is 3.03. The van der Waals surface area contributed by atoms with E-state index in [0.717, 1.165) is 6.42 Å². The summed E-state index contributed by atoms with van der Waals surface area (Å²) >= 11 is 0. The molecule has 0 spiro atoms. The Labute approximate surface area is 119 Å². The Bertz CT molecular complexity index is 550. The first kappa shape index (κ1) is 16.5. The fourth-order valence-corrected chi connectivity index (χ4v) is 3.76. The molecule has 6 heteroatoms. The third-order valence-corrected chi connectivity index (χ3v) is 5.16. The molecule has 1 aromatic carbocycles. The number of sulfone groups is 1. The summed E-state index contributed by atoms with van der Waals surface area (Å²) in [5, 5.41) is -1.19. The molecule has 0 N–H and O–H groups in total. The normalized spacial score (nSPS) is 12.8. The maximum atomic E-state index is 12.6. The SMILES string of the molecule is CCCCC(C(=O)OC)S(=O)(=O)c1ccccc1OC. The lowest BCUT2D eigenvalue weighted by atomic mass is 10.2. The van der Waals surface area contributed by atoms with Gasteiger partial charge in [0.15, 0.2) is 15.1 Å². The summed E-state index contributed by atoms with van der Waals surface area (Å²) in [5.41, 5.74) is 0. The highest BCUT2D eigenvalue weighted by atomic mass is 32.2. The minimum atomic E-state index is -3.83. The third kappa shape index (κ3) is 3.50. The largest absolute Gasteiger partial charge is 0.495 e. The standard InChI is InChI=1S/C14H20O5S/c1-4-5-9-13(14(15)19-3)20(16,17)12-10-7-6-8-11(12)18-2/h6-8,10,13H,4-5,9H2,1-3H3. The highest BCUT2D eigenvalue weighted by Crippen LogP contribution is 2.29. The van der Waals surface area contributed by atoms with E-state index in [0.29, 0.717) is 6.42 Å². The van der Waals surface area contributed by atoms with E-state index in [-0.39, 0.29) is 17.1 Å². The van der Waals surface area contributed by atoms with Gasteiger partial charge in [0.25, 0.3) is 0 Å². The molecule has 0 aliphatic carbocycles. The Kier molecular flexibility index (Phi) is 6.01. The predicted octanol–water partition coefficient (Wildman–Crippen LogP) is 2.20. The van der Waals surface area contributed by atoms with Gasteiger partial charge in [0.2, 0.25) is 0 Å². The van der Waals surface area contributed by atoms with E-state index >= 15 is 0 Å². The van der Waals surface area contributed by atoms with E-state index in [1.165, 1.54) is 20.3 Å². The van der Waals surface area contributed by atoms with E-state index in [1.807, 2.05) is 6.92 Å². The number of esters is 1. The number of methoxy groups -OCH3 is 2. The lowest BCUT2D eigenvalue weighted by molar-refractivity contribution is -0.140.